The number of allylic oxidation sites excluding steroid dienone is 3. The zero-order valence-electron chi connectivity index (χ0n) is 14.4. The van der Waals surface area contributed by atoms with Crippen LogP contribution >= 0.6 is 0 Å². The van der Waals surface area contributed by atoms with Gasteiger partial charge >= 0.3 is 0 Å². The number of hydrogen-bond acceptors (Lipinski definition) is 9. The molecule has 2 rings (SSSR count). The Bertz CT molecular complexity index is 1250. The fraction of sp³-hybridized carbons (Fsp3) is 0. The van der Waals surface area contributed by atoms with Crippen molar-refractivity contribution in [2.45, 2.75) is 0 Å². The van der Waals surface area contributed by atoms with E-state index < -0.39 is 49.1 Å². The summed E-state index contributed by atoms with van der Waals surface area (Å²) in [5.41, 5.74) is -0.675. The second kappa shape index (κ2) is 8.17. The lowest BCUT2D eigenvalue weighted by molar-refractivity contribution is 0.104. The summed E-state index contributed by atoms with van der Waals surface area (Å²) in [4.78, 5) is 11.2. The van der Waals surface area contributed by atoms with Crippen LogP contribution < -0.4 is 0 Å². The number of benzene rings is 2. The minimum Gasteiger partial charge on any atom is -0.504 e. The normalized spacial score (nSPS) is 12.1. The third-order valence-electron chi connectivity index (χ3n) is 3.62. The SMILES string of the molecule is N#C/C(=C/S(=O)(=O)/C(C#N)=C/C(=O)c1ccc(O)c(O)c1)c1ccc(O)c(O)c1. The molecule has 0 atom stereocenters. The molecule has 0 saturated heterocycles. The van der Waals surface area contributed by atoms with Crippen LogP contribution in [0.2, 0.25) is 0 Å². The van der Waals surface area contributed by atoms with Gasteiger partial charge in [-0.3, -0.25) is 4.79 Å². The van der Waals surface area contributed by atoms with Crippen LogP contribution in [-0.4, -0.2) is 34.6 Å². The third-order valence-corrected chi connectivity index (χ3v) is 4.99. The summed E-state index contributed by atoms with van der Waals surface area (Å²) >= 11 is 0. The summed E-state index contributed by atoms with van der Waals surface area (Å²) in [6.07, 6.45) is 0.515. The number of nitrogens with zero attached hydrogens (tertiary/aromatic N) is 2. The highest BCUT2D eigenvalue weighted by molar-refractivity contribution is 7.98. The van der Waals surface area contributed by atoms with Gasteiger partial charge in [-0.1, -0.05) is 0 Å². The molecule has 0 aliphatic rings. The molecular formula is C19H12N2O7S. The molecule has 0 aliphatic heterocycles. The van der Waals surface area contributed by atoms with Crippen LogP contribution in [0, 0.1) is 22.7 Å². The number of ketones is 1. The Morgan fingerprint density at radius 2 is 1.34 bits per heavy atom. The maximum atomic E-state index is 12.5. The van der Waals surface area contributed by atoms with Crippen molar-refractivity contribution in [1.82, 2.24) is 0 Å². The highest BCUT2D eigenvalue weighted by atomic mass is 32.2. The number of carbonyl (C=O) groups is 1. The molecule has 0 amide bonds. The maximum Gasteiger partial charge on any atom is 0.211 e. The first-order valence-corrected chi connectivity index (χ1v) is 9.21. The number of nitriles is 2. The minimum absolute atomic E-state index is 0.0431. The van der Waals surface area contributed by atoms with Gasteiger partial charge in [-0.25, -0.2) is 8.42 Å². The summed E-state index contributed by atoms with van der Waals surface area (Å²) in [6, 6.07) is 9.18. The maximum absolute atomic E-state index is 12.5. The molecule has 0 aromatic heterocycles. The number of hydrogen-bond donors (Lipinski definition) is 4. The van der Waals surface area contributed by atoms with Gasteiger partial charge in [-0.2, -0.15) is 10.5 Å². The molecule has 2 aromatic rings. The van der Waals surface area contributed by atoms with Gasteiger partial charge in [0, 0.05) is 11.6 Å². The van der Waals surface area contributed by atoms with Crippen LogP contribution in [0.15, 0.2) is 52.8 Å². The van der Waals surface area contributed by atoms with Crippen LogP contribution in [-0.2, 0) is 9.84 Å². The molecule has 0 spiro atoms. The lowest BCUT2D eigenvalue weighted by Crippen LogP contribution is -2.04. The van der Waals surface area contributed by atoms with Gasteiger partial charge in [0.2, 0.25) is 9.84 Å². The van der Waals surface area contributed by atoms with Gasteiger partial charge in [0.1, 0.15) is 12.1 Å². The molecule has 0 heterocycles. The van der Waals surface area contributed by atoms with Crippen LogP contribution in [0.5, 0.6) is 23.0 Å². The minimum atomic E-state index is -4.54. The predicted octanol–water partition coefficient (Wildman–Crippen LogP) is 2.08. The largest absolute Gasteiger partial charge is 0.504 e. The van der Waals surface area contributed by atoms with Gasteiger partial charge in [0.25, 0.3) is 0 Å². The average Bonchev–Trinajstić information content (AvgIpc) is 2.68. The van der Waals surface area contributed by atoms with Gasteiger partial charge in [0.15, 0.2) is 33.7 Å². The molecule has 9 nitrogen and oxygen atoms in total. The molecule has 0 unspecified atom stereocenters. The van der Waals surface area contributed by atoms with Gasteiger partial charge in [0.05, 0.1) is 11.0 Å². The van der Waals surface area contributed by atoms with E-state index in [0.29, 0.717) is 11.5 Å². The quantitative estimate of drug-likeness (QED) is 0.247. The summed E-state index contributed by atoms with van der Waals surface area (Å²) in [7, 11) is -4.54. The van der Waals surface area contributed by atoms with E-state index in [9.17, 15) is 38.9 Å². The molecule has 4 N–H and O–H groups in total. The number of phenolic OH excluding ortho intramolecular Hbond substituents is 4. The number of rotatable bonds is 5. The van der Waals surface area contributed by atoms with Crippen LogP contribution in [0.25, 0.3) is 5.57 Å². The molecule has 10 heteroatoms. The van der Waals surface area contributed by atoms with Crippen molar-refractivity contribution in [2.24, 2.45) is 0 Å². The molecule has 2 aromatic carbocycles. The van der Waals surface area contributed by atoms with Crippen molar-refractivity contribution >= 4 is 21.2 Å². The zero-order chi connectivity index (χ0) is 21.8. The molecule has 0 fully saturated rings. The first-order chi connectivity index (χ1) is 13.6. The van der Waals surface area contributed by atoms with E-state index in [1.807, 2.05) is 0 Å². The van der Waals surface area contributed by atoms with Crippen molar-refractivity contribution in [3.05, 3.63) is 63.9 Å². The van der Waals surface area contributed by atoms with E-state index in [1.165, 1.54) is 12.1 Å². The Morgan fingerprint density at radius 1 is 0.828 bits per heavy atom. The molecule has 146 valence electrons. The Balaban J connectivity index is 2.48. The molecule has 0 bridgehead atoms. The molecule has 0 radical (unpaired) electrons. The number of phenols is 4. The fourth-order valence-corrected chi connectivity index (χ4v) is 3.15. The first-order valence-electron chi connectivity index (χ1n) is 7.66. The third kappa shape index (κ3) is 4.71. The van der Waals surface area contributed by atoms with Crippen molar-refractivity contribution in [1.29, 1.82) is 10.5 Å². The molecular weight excluding hydrogens is 400 g/mol. The fourth-order valence-electron chi connectivity index (χ4n) is 2.13. The van der Waals surface area contributed by atoms with Gasteiger partial charge in [-0.05, 0) is 42.0 Å². The molecule has 0 saturated carbocycles. The Kier molecular flexibility index (Phi) is 5.92. The highest BCUT2D eigenvalue weighted by Gasteiger charge is 2.20. The average molecular weight is 412 g/mol. The van der Waals surface area contributed by atoms with Crippen LogP contribution in [0.4, 0.5) is 0 Å². The smallest absolute Gasteiger partial charge is 0.211 e. The summed E-state index contributed by atoms with van der Waals surface area (Å²) in [6.45, 7) is 0. The van der Waals surface area contributed by atoms with E-state index in [4.69, 9.17) is 5.26 Å². The predicted molar refractivity (Wildman–Crippen MR) is 100 cm³/mol. The van der Waals surface area contributed by atoms with Gasteiger partial charge < -0.3 is 20.4 Å². The summed E-state index contributed by atoms with van der Waals surface area (Å²) in [5.74, 6) is -3.09. The first kappa shape index (κ1) is 21.0. The second-order valence-electron chi connectivity index (χ2n) is 5.58. The van der Waals surface area contributed by atoms with E-state index >= 15 is 0 Å². The number of sulfone groups is 1. The monoisotopic (exact) mass is 412 g/mol. The van der Waals surface area contributed by atoms with Crippen LogP contribution in [0.1, 0.15) is 15.9 Å². The Hall–Kier alpha value is -4.28. The lowest BCUT2D eigenvalue weighted by atomic mass is 10.1. The van der Waals surface area contributed by atoms with E-state index in [0.717, 1.165) is 30.3 Å². The van der Waals surface area contributed by atoms with Crippen LogP contribution in [0.3, 0.4) is 0 Å². The number of aromatic hydroxyl groups is 4. The van der Waals surface area contributed by atoms with Crippen molar-refractivity contribution in [3.63, 3.8) is 0 Å². The summed E-state index contributed by atoms with van der Waals surface area (Å²) in [5, 5.41) is 56.3. The van der Waals surface area contributed by atoms with E-state index in [1.54, 1.807) is 6.07 Å². The molecule has 29 heavy (non-hydrogen) atoms. The van der Waals surface area contributed by atoms with Gasteiger partial charge in [-0.15, -0.1) is 0 Å². The van der Waals surface area contributed by atoms with Crippen molar-refractivity contribution in [3.8, 4) is 35.1 Å². The standard InChI is InChI=1S/C19H12N2O7S/c20-8-13(11-1-3-15(22)18(25)5-11)10-29(27,28)14(9-21)7-17(24)12-2-4-16(23)19(26)6-12/h1-7,10,22-23,25-26H/b13-10-,14-7+. The Morgan fingerprint density at radius 3 is 1.83 bits per heavy atom. The van der Waals surface area contributed by atoms with Crippen molar-refractivity contribution < 1.29 is 33.6 Å². The van der Waals surface area contributed by atoms with Crippen molar-refractivity contribution in [2.75, 3.05) is 0 Å². The molecule has 0 aliphatic carbocycles. The Labute approximate surface area is 164 Å². The second-order valence-corrected chi connectivity index (χ2v) is 7.35. The van der Waals surface area contributed by atoms with E-state index in [2.05, 4.69) is 0 Å². The van der Waals surface area contributed by atoms with E-state index in [-0.39, 0.29) is 11.1 Å². The number of carbonyl (C=O) groups excluding carboxylic acids is 1. The summed E-state index contributed by atoms with van der Waals surface area (Å²) < 4.78 is 24.9. The lowest BCUT2D eigenvalue weighted by Gasteiger charge is -2.03. The zero-order valence-corrected chi connectivity index (χ0v) is 15.3. The highest BCUT2D eigenvalue weighted by Crippen LogP contribution is 2.29. The topological polar surface area (TPSA) is 180 Å².